The van der Waals surface area contributed by atoms with Crippen molar-refractivity contribution in [2.45, 2.75) is 45.3 Å². The quantitative estimate of drug-likeness (QED) is 0.201. The van der Waals surface area contributed by atoms with Crippen molar-refractivity contribution in [1.29, 1.82) is 0 Å². The van der Waals surface area contributed by atoms with Gasteiger partial charge in [-0.25, -0.2) is 14.8 Å². The molecule has 178 valence electrons. The van der Waals surface area contributed by atoms with Crippen molar-refractivity contribution in [3.05, 3.63) is 46.9 Å². The number of nitrogens with zero attached hydrogens (tertiary/aromatic N) is 3. The van der Waals surface area contributed by atoms with Crippen molar-refractivity contribution < 1.29 is 19.1 Å². The predicted molar refractivity (Wildman–Crippen MR) is 143 cm³/mol. The molecule has 0 saturated carbocycles. The Morgan fingerprint density at radius 1 is 1.21 bits per heavy atom. The molecule has 7 nitrogen and oxygen atoms in total. The number of likely N-dealkylation sites (tertiary alicyclic amines) is 1. The van der Waals surface area contributed by atoms with Gasteiger partial charge in [-0.05, 0) is 94.1 Å². The number of furan rings is 1. The fraction of sp³-hybridized carbons (Fsp3) is 0.381. The van der Waals surface area contributed by atoms with Crippen LogP contribution in [-0.4, -0.2) is 38.2 Å². The molecule has 0 aliphatic carbocycles. The maximum atomic E-state index is 12.4. The third-order valence-corrected chi connectivity index (χ3v) is 7.55. The van der Waals surface area contributed by atoms with E-state index in [-0.39, 0.29) is 17.9 Å². The van der Waals surface area contributed by atoms with Crippen LogP contribution in [0.2, 0.25) is 10.3 Å². The van der Waals surface area contributed by atoms with Crippen LogP contribution in [0.1, 0.15) is 45.4 Å². The van der Waals surface area contributed by atoms with E-state index in [9.17, 15) is 4.79 Å². The highest BCUT2D eigenvalue weighted by molar-refractivity contribution is 14.1. The smallest absolute Gasteiger partial charge is 0.410 e. The number of halogens is 5. The summed E-state index contributed by atoms with van der Waals surface area (Å²) in [4.78, 5) is 22.2. The molecule has 1 N–H and O–H groups in total. The van der Waals surface area contributed by atoms with Crippen molar-refractivity contribution in [3.63, 3.8) is 0 Å². The minimum atomic E-state index is -0.516. The fourth-order valence-electron chi connectivity index (χ4n) is 3.14. The van der Waals surface area contributed by atoms with Crippen molar-refractivity contribution >= 4 is 94.8 Å². The molecule has 1 saturated heterocycles. The second-order valence-corrected chi connectivity index (χ2v) is 11.6. The first-order valence-corrected chi connectivity index (χ1v) is 13.2. The topological polar surface area (TPSA) is 88.7 Å². The lowest BCUT2D eigenvalue weighted by atomic mass is 10.1. The Labute approximate surface area is 231 Å². The van der Waals surface area contributed by atoms with E-state index < -0.39 is 5.60 Å². The molecule has 3 aromatic heterocycles. The number of carbonyl (C=O) groups excluding carboxylic acids is 1. The average Bonchev–Trinajstić information content (AvgIpc) is 3.33. The number of fused-ring (bicyclic) bond motifs is 1. The molecule has 12 heteroatoms. The van der Waals surface area contributed by atoms with Gasteiger partial charge < -0.3 is 14.3 Å². The lowest BCUT2D eigenvalue weighted by Gasteiger charge is -2.27. The molecular weight excluding hydrogens is 716 g/mol. The van der Waals surface area contributed by atoms with E-state index >= 15 is 0 Å². The molecule has 1 amide bonds. The minimum absolute atomic E-state index is 0.128. The van der Waals surface area contributed by atoms with Gasteiger partial charge in [0, 0.05) is 18.7 Å². The van der Waals surface area contributed by atoms with Crippen LogP contribution >= 0.6 is 77.7 Å². The van der Waals surface area contributed by atoms with E-state index in [1.807, 2.05) is 49.4 Å². The Morgan fingerprint density at radius 3 is 2.48 bits per heavy atom. The van der Waals surface area contributed by atoms with Gasteiger partial charge in [-0.1, -0.05) is 23.2 Å². The Balaban J connectivity index is 0.000000257. The van der Waals surface area contributed by atoms with Crippen LogP contribution in [0.15, 0.2) is 31.6 Å². The van der Waals surface area contributed by atoms with Crippen LogP contribution in [0.25, 0.3) is 11.1 Å². The summed E-state index contributed by atoms with van der Waals surface area (Å²) in [6.07, 6.45) is 1.44. The molecule has 0 bridgehead atoms. The Kier molecular flexibility index (Phi) is 8.80. The van der Waals surface area contributed by atoms with Gasteiger partial charge in [0.05, 0.1) is 15.0 Å². The number of aromatic hydroxyl groups is 1. The maximum absolute atomic E-state index is 12.4. The van der Waals surface area contributed by atoms with E-state index in [1.165, 1.54) is 6.07 Å². The maximum Gasteiger partial charge on any atom is 0.410 e. The largest absolute Gasteiger partial charge is 0.505 e. The molecule has 1 aliphatic rings. The van der Waals surface area contributed by atoms with E-state index in [0.29, 0.717) is 46.4 Å². The highest BCUT2D eigenvalue weighted by Gasteiger charge is 2.35. The first kappa shape index (κ1) is 26.8. The molecular formula is C21H20Br2Cl2IN3O4. The molecule has 4 heterocycles. The van der Waals surface area contributed by atoms with Gasteiger partial charge in [0.2, 0.25) is 0 Å². The van der Waals surface area contributed by atoms with Gasteiger partial charge in [-0.2, -0.15) is 0 Å². The molecule has 0 aromatic carbocycles. The van der Waals surface area contributed by atoms with Crippen molar-refractivity contribution in [2.75, 3.05) is 6.54 Å². The third-order valence-electron chi connectivity index (χ3n) is 4.51. The number of hydrogen-bond acceptors (Lipinski definition) is 6. The van der Waals surface area contributed by atoms with E-state index in [0.717, 1.165) is 12.8 Å². The molecule has 1 atom stereocenters. The Bertz CT molecular complexity index is 1100. The summed E-state index contributed by atoms with van der Waals surface area (Å²) < 4.78 is 13.2. The van der Waals surface area contributed by atoms with E-state index in [1.54, 1.807) is 11.0 Å². The summed E-state index contributed by atoms with van der Waals surface area (Å²) in [5.41, 5.74) is 0.814. The summed E-state index contributed by atoms with van der Waals surface area (Å²) in [6.45, 7) is 6.25. The van der Waals surface area contributed by atoms with Crippen LogP contribution in [0.4, 0.5) is 4.79 Å². The number of amides is 1. The minimum Gasteiger partial charge on any atom is -0.505 e. The molecule has 0 radical (unpaired) electrons. The standard InChI is InChI=1S/C16H18BrClN2O3.C5H2BrClINO/c1-16(2,3)23-15(21)20-6-4-5-11(20)13-8-10-12(22-13)7-9(17)14(18)19-10;6-2-1-3(10)5(8)9-4(2)7/h7-8,11H,4-6H2,1-3H3;1,10H/t11-;/m0./s1. The lowest BCUT2D eigenvalue weighted by molar-refractivity contribution is 0.0209. The van der Waals surface area contributed by atoms with Gasteiger partial charge in [-0.15, -0.1) is 0 Å². The molecule has 33 heavy (non-hydrogen) atoms. The van der Waals surface area contributed by atoms with Gasteiger partial charge in [0.1, 0.15) is 36.6 Å². The summed E-state index contributed by atoms with van der Waals surface area (Å²) in [5.74, 6) is 0.849. The van der Waals surface area contributed by atoms with Gasteiger partial charge >= 0.3 is 6.09 Å². The van der Waals surface area contributed by atoms with Crippen molar-refractivity contribution in [2.24, 2.45) is 0 Å². The van der Waals surface area contributed by atoms with Crippen LogP contribution in [0.5, 0.6) is 5.75 Å². The van der Waals surface area contributed by atoms with Gasteiger partial charge in [0.25, 0.3) is 0 Å². The SMILES string of the molecule is CC(C)(C)OC(=O)N1CCC[C@H]1c1cc2nc(Cl)c(Br)cc2o1.Oc1cc(Br)c(Cl)nc1I. The molecule has 4 rings (SSSR count). The van der Waals surface area contributed by atoms with Crippen molar-refractivity contribution in [3.8, 4) is 5.75 Å². The number of pyridine rings is 2. The Hall–Kier alpha value is -0.820. The van der Waals surface area contributed by atoms with Crippen LogP contribution in [-0.2, 0) is 4.74 Å². The Morgan fingerprint density at radius 2 is 1.85 bits per heavy atom. The predicted octanol–water partition coefficient (Wildman–Crippen LogP) is 8.12. The fourth-order valence-corrected chi connectivity index (χ4v) is 4.57. The van der Waals surface area contributed by atoms with Gasteiger partial charge in [0.15, 0.2) is 5.58 Å². The first-order valence-electron chi connectivity index (χ1n) is 9.81. The summed E-state index contributed by atoms with van der Waals surface area (Å²) in [7, 11) is 0. The zero-order valence-electron chi connectivity index (χ0n) is 17.8. The first-order chi connectivity index (χ1) is 15.4. The zero-order chi connectivity index (χ0) is 24.5. The lowest BCUT2D eigenvalue weighted by Crippen LogP contribution is -2.36. The van der Waals surface area contributed by atoms with Crippen LogP contribution in [0, 0.1) is 3.70 Å². The second kappa shape index (κ2) is 10.8. The van der Waals surface area contributed by atoms with Gasteiger partial charge in [-0.3, -0.25) is 4.90 Å². The molecule has 3 aromatic rings. The molecule has 0 spiro atoms. The van der Waals surface area contributed by atoms with Crippen LogP contribution in [0.3, 0.4) is 0 Å². The second-order valence-electron chi connectivity index (χ2n) is 8.20. The van der Waals surface area contributed by atoms with Crippen molar-refractivity contribution in [1.82, 2.24) is 14.9 Å². The number of aromatic nitrogens is 2. The highest BCUT2D eigenvalue weighted by Crippen LogP contribution is 2.37. The average molecular weight is 736 g/mol. The summed E-state index contributed by atoms with van der Waals surface area (Å²) >= 11 is 20.0. The monoisotopic (exact) mass is 733 g/mol. The van der Waals surface area contributed by atoms with E-state index in [4.69, 9.17) is 37.5 Å². The van der Waals surface area contributed by atoms with Crippen LogP contribution < -0.4 is 0 Å². The normalized spacial score (nSPS) is 16.0. The number of hydrogen-bond donors (Lipinski definition) is 1. The zero-order valence-corrected chi connectivity index (χ0v) is 24.7. The summed E-state index contributed by atoms with van der Waals surface area (Å²) in [6, 6.07) is 5.02. The third kappa shape index (κ3) is 6.87. The molecule has 1 fully saturated rings. The summed E-state index contributed by atoms with van der Waals surface area (Å²) in [5, 5.41) is 9.82. The molecule has 1 aliphatic heterocycles. The number of rotatable bonds is 1. The number of carbonyl (C=O) groups is 1. The molecule has 0 unspecified atom stereocenters. The highest BCUT2D eigenvalue weighted by atomic mass is 127. The number of ether oxygens (including phenoxy) is 1. The van der Waals surface area contributed by atoms with E-state index in [2.05, 4.69) is 41.8 Å².